The first-order chi connectivity index (χ1) is 10.0. The molecule has 126 valence electrons. The molecule has 7 nitrogen and oxygen atoms in total. The van der Waals surface area contributed by atoms with Crippen molar-refractivity contribution in [2.24, 2.45) is 0 Å². The number of carboxylic acid groups (broad SMARTS) is 1. The number of piperidine rings is 1. The summed E-state index contributed by atoms with van der Waals surface area (Å²) in [5.74, 6) is -2.13. The van der Waals surface area contributed by atoms with Crippen LogP contribution in [0.25, 0.3) is 0 Å². The van der Waals surface area contributed by atoms with Crippen LogP contribution in [0.5, 0.6) is 0 Å². The summed E-state index contributed by atoms with van der Waals surface area (Å²) >= 11 is 0. The third kappa shape index (κ3) is 5.24. The van der Waals surface area contributed by atoms with Crippen LogP contribution in [0.15, 0.2) is 11.6 Å². The highest BCUT2D eigenvalue weighted by molar-refractivity contribution is 5.95. The van der Waals surface area contributed by atoms with Crippen LogP contribution < -0.4 is 0 Å². The predicted molar refractivity (Wildman–Crippen MR) is 79.9 cm³/mol. The fourth-order valence-electron chi connectivity index (χ4n) is 2.53. The zero-order chi connectivity index (χ0) is 15.3. The molecule has 0 aromatic heterocycles. The Labute approximate surface area is 135 Å². The van der Waals surface area contributed by atoms with Crippen LogP contribution >= 0.6 is 12.4 Å². The van der Waals surface area contributed by atoms with E-state index in [1.54, 1.807) is 0 Å². The molecule has 2 heterocycles. The van der Waals surface area contributed by atoms with Crippen molar-refractivity contribution in [3.8, 4) is 0 Å². The van der Waals surface area contributed by atoms with Crippen molar-refractivity contribution in [1.82, 2.24) is 4.90 Å². The van der Waals surface area contributed by atoms with E-state index in [1.807, 2.05) is 0 Å². The molecule has 0 unspecified atom stereocenters. The van der Waals surface area contributed by atoms with Crippen LogP contribution in [0.1, 0.15) is 19.8 Å². The van der Waals surface area contributed by atoms with E-state index in [-0.39, 0.29) is 24.6 Å². The fourth-order valence-corrected chi connectivity index (χ4v) is 2.53. The Morgan fingerprint density at radius 2 is 1.86 bits per heavy atom. The van der Waals surface area contributed by atoms with Gasteiger partial charge in [-0.05, 0) is 6.92 Å². The van der Waals surface area contributed by atoms with Gasteiger partial charge in [-0.1, -0.05) is 0 Å². The molecule has 1 N–H and O–H groups in total. The van der Waals surface area contributed by atoms with Gasteiger partial charge in [0.05, 0.1) is 13.2 Å². The smallest absolute Gasteiger partial charge is 0.334 e. The summed E-state index contributed by atoms with van der Waals surface area (Å²) in [7, 11) is 0. The molecule has 22 heavy (non-hydrogen) atoms. The van der Waals surface area contributed by atoms with Gasteiger partial charge in [-0.15, -0.1) is 12.4 Å². The second-order valence-corrected chi connectivity index (χ2v) is 5.25. The maximum Gasteiger partial charge on any atom is 0.334 e. The minimum Gasteiger partial charge on any atom is -0.478 e. The molecule has 1 spiro atoms. The number of carboxylic acids is 1. The van der Waals surface area contributed by atoms with Crippen LogP contribution in [-0.4, -0.2) is 67.2 Å². The van der Waals surface area contributed by atoms with E-state index in [4.69, 9.17) is 19.3 Å². The number of esters is 1. The SMILES string of the molecule is C/C(=C\C(=O)O)C(=O)OCCN1CCC2(CC1)OCCO2.Cl. The average molecular weight is 336 g/mol. The van der Waals surface area contributed by atoms with E-state index in [0.29, 0.717) is 19.8 Å². The van der Waals surface area contributed by atoms with Gasteiger partial charge in [-0.25, -0.2) is 9.59 Å². The number of halogens is 1. The molecule has 0 atom stereocenters. The summed E-state index contributed by atoms with van der Waals surface area (Å²) in [4.78, 5) is 24.1. The third-order valence-corrected chi connectivity index (χ3v) is 3.73. The number of carbonyl (C=O) groups excluding carboxylic acids is 1. The Kier molecular flexibility index (Phi) is 7.28. The van der Waals surface area contributed by atoms with Crippen LogP contribution in [0.4, 0.5) is 0 Å². The van der Waals surface area contributed by atoms with Crippen molar-refractivity contribution in [3.63, 3.8) is 0 Å². The quantitative estimate of drug-likeness (QED) is 0.588. The maximum atomic E-state index is 11.5. The van der Waals surface area contributed by atoms with Gasteiger partial charge in [-0.3, -0.25) is 4.90 Å². The summed E-state index contributed by atoms with van der Waals surface area (Å²) < 4.78 is 16.3. The number of hydrogen-bond acceptors (Lipinski definition) is 6. The molecule has 8 heteroatoms. The van der Waals surface area contributed by atoms with Gasteiger partial charge < -0.3 is 19.3 Å². The molecule has 0 aromatic rings. The lowest BCUT2D eigenvalue weighted by molar-refractivity contribution is -0.186. The first-order valence-electron chi connectivity index (χ1n) is 7.09. The van der Waals surface area contributed by atoms with Gasteiger partial charge in [-0.2, -0.15) is 0 Å². The molecule has 0 aliphatic carbocycles. The first kappa shape index (κ1) is 18.9. The summed E-state index contributed by atoms with van der Waals surface area (Å²) in [5.41, 5.74) is 0.0906. The molecule has 0 bridgehead atoms. The van der Waals surface area contributed by atoms with E-state index >= 15 is 0 Å². The third-order valence-electron chi connectivity index (χ3n) is 3.73. The summed E-state index contributed by atoms with van der Waals surface area (Å²) in [5, 5.41) is 8.55. The monoisotopic (exact) mass is 335 g/mol. The summed E-state index contributed by atoms with van der Waals surface area (Å²) in [6.45, 7) is 5.29. The van der Waals surface area contributed by atoms with Gasteiger partial charge in [0, 0.05) is 44.1 Å². The predicted octanol–water partition coefficient (Wildman–Crippen LogP) is 0.821. The van der Waals surface area contributed by atoms with Crippen molar-refractivity contribution in [3.05, 3.63) is 11.6 Å². The Balaban J connectivity index is 0.00000242. The van der Waals surface area contributed by atoms with Gasteiger partial charge >= 0.3 is 11.9 Å². The number of carbonyl (C=O) groups is 2. The lowest BCUT2D eigenvalue weighted by Gasteiger charge is -2.37. The highest BCUT2D eigenvalue weighted by atomic mass is 35.5. The number of rotatable bonds is 5. The molecule has 2 saturated heterocycles. The molecule has 0 radical (unpaired) electrons. The van der Waals surface area contributed by atoms with E-state index in [9.17, 15) is 9.59 Å². The van der Waals surface area contributed by atoms with Crippen LogP contribution in [0.2, 0.25) is 0 Å². The van der Waals surface area contributed by atoms with Gasteiger partial charge in [0.1, 0.15) is 6.61 Å². The van der Waals surface area contributed by atoms with Crippen LogP contribution in [-0.2, 0) is 23.8 Å². The normalized spacial score (nSPS) is 21.4. The molecule has 0 aromatic carbocycles. The number of nitrogens with zero attached hydrogens (tertiary/aromatic N) is 1. The van der Waals surface area contributed by atoms with E-state index in [0.717, 1.165) is 32.0 Å². The van der Waals surface area contributed by atoms with Gasteiger partial charge in [0.25, 0.3) is 0 Å². The molecular weight excluding hydrogens is 314 g/mol. The van der Waals surface area contributed by atoms with Crippen molar-refractivity contribution >= 4 is 24.3 Å². The van der Waals surface area contributed by atoms with E-state index in [1.165, 1.54) is 6.92 Å². The molecular formula is C14H22ClNO6. The first-order valence-corrected chi connectivity index (χ1v) is 7.09. The van der Waals surface area contributed by atoms with Crippen LogP contribution in [0, 0.1) is 0 Å². The number of aliphatic carboxylic acids is 1. The Morgan fingerprint density at radius 1 is 1.27 bits per heavy atom. The average Bonchev–Trinajstić information content (AvgIpc) is 2.89. The molecule has 0 saturated carbocycles. The Bertz CT molecular complexity index is 423. The van der Waals surface area contributed by atoms with Crippen molar-refractivity contribution in [1.29, 1.82) is 0 Å². The highest BCUT2D eigenvalue weighted by Crippen LogP contribution is 2.30. The second-order valence-electron chi connectivity index (χ2n) is 5.25. The lowest BCUT2D eigenvalue weighted by atomic mass is 10.0. The fraction of sp³-hybridized carbons (Fsp3) is 0.714. The van der Waals surface area contributed by atoms with Crippen molar-refractivity contribution in [2.45, 2.75) is 25.6 Å². The molecule has 2 aliphatic rings. The number of likely N-dealkylation sites (tertiary alicyclic amines) is 1. The Morgan fingerprint density at radius 3 is 2.41 bits per heavy atom. The van der Waals surface area contributed by atoms with Crippen LogP contribution in [0.3, 0.4) is 0 Å². The van der Waals surface area contributed by atoms with E-state index < -0.39 is 17.7 Å². The maximum absolute atomic E-state index is 11.5. The second kappa shape index (κ2) is 8.47. The molecule has 2 fully saturated rings. The standard InChI is InChI=1S/C14H21NO6.ClH/c1-11(10-12(16)17)13(18)19-7-6-15-4-2-14(3-5-15)20-8-9-21-14;/h10H,2-9H2,1H3,(H,16,17);1H/b11-10+;. The van der Waals surface area contributed by atoms with Crippen molar-refractivity contribution < 1.29 is 28.9 Å². The zero-order valence-electron chi connectivity index (χ0n) is 12.6. The Hall–Kier alpha value is -1.15. The van der Waals surface area contributed by atoms with Gasteiger partial charge in [0.2, 0.25) is 0 Å². The summed E-state index contributed by atoms with van der Waals surface area (Å²) in [6.07, 6.45) is 2.49. The minimum atomic E-state index is -1.15. The molecule has 0 amide bonds. The number of ether oxygens (including phenoxy) is 3. The molecule has 2 aliphatic heterocycles. The largest absolute Gasteiger partial charge is 0.478 e. The minimum absolute atomic E-state index is 0. The van der Waals surface area contributed by atoms with Crippen molar-refractivity contribution in [2.75, 3.05) is 39.5 Å². The lowest BCUT2D eigenvalue weighted by Crippen LogP contribution is -2.46. The van der Waals surface area contributed by atoms with Gasteiger partial charge in [0.15, 0.2) is 5.79 Å². The van der Waals surface area contributed by atoms with E-state index in [2.05, 4.69) is 4.90 Å². The summed E-state index contributed by atoms with van der Waals surface area (Å²) in [6, 6.07) is 0. The molecule has 2 rings (SSSR count). The number of hydrogen-bond donors (Lipinski definition) is 1. The topological polar surface area (TPSA) is 85.3 Å². The zero-order valence-corrected chi connectivity index (χ0v) is 13.4. The highest BCUT2D eigenvalue weighted by Gasteiger charge is 2.39.